The third-order valence-electron chi connectivity index (χ3n) is 5.59. The third-order valence-corrected chi connectivity index (χ3v) is 5.59. The van der Waals surface area contributed by atoms with Crippen LogP contribution in [-0.4, -0.2) is 18.9 Å². The summed E-state index contributed by atoms with van der Waals surface area (Å²) in [6.45, 7) is 2.27. The second-order valence-electron chi connectivity index (χ2n) is 7.81. The van der Waals surface area contributed by atoms with Crippen molar-refractivity contribution in [1.82, 2.24) is 0 Å². The lowest BCUT2D eigenvalue weighted by molar-refractivity contribution is -0.149. The van der Waals surface area contributed by atoms with Gasteiger partial charge in [0.1, 0.15) is 5.92 Å². The van der Waals surface area contributed by atoms with Crippen molar-refractivity contribution in [3.63, 3.8) is 0 Å². The molecule has 0 aromatic rings. The molecule has 0 saturated carbocycles. The molecule has 1 aliphatic carbocycles. The van der Waals surface area contributed by atoms with Crippen LogP contribution in [0.1, 0.15) is 103 Å². The normalized spacial score (nSPS) is 19.2. The van der Waals surface area contributed by atoms with Crippen LogP contribution >= 0.6 is 0 Å². The molecule has 3 nitrogen and oxygen atoms in total. The van der Waals surface area contributed by atoms with Crippen molar-refractivity contribution < 1.29 is 14.3 Å². The van der Waals surface area contributed by atoms with Crippen molar-refractivity contribution in [3.8, 4) is 0 Å². The highest BCUT2D eigenvalue weighted by atomic mass is 16.5. The molecule has 1 rings (SSSR count). The Morgan fingerprint density at radius 1 is 0.846 bits per heavy atom. The number of methoxy groups -OCH3 is 1. The maximum Gasteiger partial charge on any atom is 0.317 e. The largest absolute Gasteiger partial charge is 0.468 e. The molecule has 0 bridgehead atoms. The van der Waals surface area contributed by atoms with E-state index in [-0.39, 0.29) is 17.7 Å². The monoisotopic (exact) mass is 364 g/mol. The molecule has 0 aliphatic heterocycles. The number of carbonyl (C=O) groups is 2. The van der Waals surface area contributed by atoms with Crippen molar-refractivity contribution in [2.45, 2.75) is 103 Å². The average molecular weight is 365 g/mol. The number of hydrogen-bond acceptors (Lipinski definition) is 3. The Hall–Kier alpha value is -1.12. The first-order valence-electron chi connectivity index (χ1n) is 11.0. The van der Waals surface area contributed by atoms with Gasteiger partial charge >= 0.3 is 5.97 Å². The van der Waals surface area contributed by atoms with E-state index in [9.17, 15) is 9.59 Å². The fraction of sp³-hybridized carbons (Fsp3) is 0.826. The van der Waals surface area contributed by atoms with Gasteiger partial charge in [-0.25, -0.2) is 0 Å². The molecule has 2 atom stereocenters. The summed E-state index contributed by atoms with van der Waals surface area (Å²) in [7, 11) is 1.36. The molecule has 0 saturated heterocycles. The molecule has 0 radical (unpaired) electrons. The van der Waals surface area contributed by atoms with Crippen LogP contribution in [0.4, 0.5) is 0 Å². The van der Waals surface area contributed by atoms with E-state index in [1.165, 1.54) is 90.6 Å². The molecule has 3 heteroatoms. The summed E-state index contributed by atoms with van der Waals surface area (Å²) < 4.78 is 4.76. The maximum absolute atomic E-state index is 11.7. The fourth-order valence-corrected chi connectivity index (χ4v) is 3.90. The minimum atomic E-state index is -0.582. The Balaban J connectivity index is 1.90. The molecule has 0 aromatic carbocycles. The Bertz CT molecular complexity index is 414. The van der Waals surface area contributed by atoms with Gasteiger partial charge in [-0.2, -0.15) is 0 Å². The van der Waals surface area contributed by atoms with Gasteiger partial charge in [-0.3, -0.25) is 9.59 Å². The Kier molecular flexibility index (Phi) is 13.2. The van der Waals surface area contributed by atoms with Crippen molar-refractivity contribution in [3.05, 3.63) is 12.2 Å². The van der Waals surface area contributed by atoms with E-state index >= 15 is 0 Å². The number of unbranched alkanes of at least 4 members (excludes halogenated alkanes) is 13. The van der Waals surface area contributed by atoms with Gasteiger partial charge in [0.25, 0.3) is 0 Å². The highest BCUT2D eigenvalue weighted by Crippen LogP contribution is 2.28. The van der Waals surface area contributed by atoms with E-state index in [0.29, 0.717) is 0 Å². The maximum atomic E-state index is 11.7. The predicted octanol–water partition coefficient (Wildman–Crippen LogP) is 6.40. The minimum Gasteiger partial charge on any atom is -0.468 e. The topological polar surface area (TPSA) is 43.4 Å². The molecule has 0 heterocycles. The molecular weight excluding hydrogens is 324 g/mol. The first-order valence-corrected chi connectivity index (χ1v) is 11.0. The van der Waals surface area contributed by atoms with Crippen LogP contribution < -0.4 is 0 Å². The van der Waals surface area contributed by atoms with Gasteiger partial charge in [-0.15, -0.1) is 0 Å². The molecule has 0 spiro atoms. The molecule has 0 unspecified atom stereocenters. The summed E-state index contributed by atoms with van der Waals surface area (Å²) >= 11 is 0. The summed E-state index contributed by atoms with van der Waals surface area (Å²) in [4.78, 5) is 23.4. The van der Waals surface area contributed by atoms with E-state index in [0.717, 1.165) is 12.8 Å². The van der Waals surface area contributed by atoms with E-state index in [1.807, 2.05) is 6.08 Å². The van der Waals surface area contributed by atoms with Crippen LogP contribution in [0.5, 0.6) is 0 Å². The van der Waals surface area contributed by atoms with Gasteiger partial charge in [0, 0.05) is 0 Å². The zero-order valence-electron chi connectivity index (χ0n) is 17.1. The van der Waals surface area contributed by atoms with Crippen LogP contribution in [0.15, 0.2) is 12.2 Å². The Morgan fingerprint density at radius 2 is 1.31 bits per heavy atom. The zero-order valence-corrected chi connectivity index (χ0v) is 17.1. The summed E-state index contributed by atoms with van der Waals surface area (Å²) in [6.07, 6.45) is 23.2. The van der Waals surface area contributed by atoms with E-state index in [2.05, 4.69) is 6.92 Å². The van der Waals surface area contributed by atoms with Crippen molar-refractivity contribution in [2.75, 3.05) is 7.11 Å². The molecule has 150 valence electrons. The predicted molar refractivity (Wildman–Crippen MR) is 108 cm³/mol. The molecule has 0 amide bonds. The quantitative estimate of drug-likeness (QED) is 0.181. The van der Waals surface area contributed by atoms with Crippen LogP contribution in [0, 0.1) is 11.8 Å². The first-order chi connectivity index (χ1) is 12.7. The summed E-state index contributed by atoms with van der Waals surface area (Å²) in [5, 5.41) is 0. The SMILES string of the molecule is CCCCCCCCCCCCCCCC[C@H]1C=CC(=O)[C@@H]1C(=O)OC. The number of ketones is 1. The lowest BCUT2D eigenvalue weighted by Gasteiger charge is -2.15. The van der Waals surface area contributed by atoms with Gasteiger partial charge in [0.15, 0.2) is 5.78 Å². The zero-order chi connectivity index (χ0) is 19.0. The van der Waals surface area contributed by atoms with Gasteiger partial charge in [-0.1, -0.05) is 103 Å². The second kappa shape index (κ2) is 15.0. The average Bonchev–Trinajstić information content (AvgIpc) is 3.02. The Morgan fingerprint density at radius 3 is 1.77 bits per heavy atom. The smallest absolute Gasteiger partial charge is 0.317 e. The Labute approximate surface area is 161 Å². The standard InChI is InChI=1S/C23H40O3/c1-3-4-5-6-7-8-9-10-11-12-13-14-15-16-17-20-18-19-21(24)22(20)23(25)26-2/h18-20,22H,3-17H2,1-2H3/t20-,22+/m0/s1. The minimum absolute atomic E-state index is 0.0484. The van der Waals surface area contributed by atoms with Crippen molar-refractivity contribution in [1.29, 1.82) is 0 Å². The fourth-order valence-electron chi connectivity index (χ4n) is 3.90. The summed E-state index contributed by atoms with van der Waals surface area (Å²) in [6, 6.07) is 0. The molecule has 26 heavy (non-hydrogen) atoms. The number of hydrogen-bond donors (Lipinski definition) is 0. The van der Waals surface area contributed by atoms with E-state index < -0.39 is 5.92 Å². The molecule has 0 N–H and O–H groups in total. The number of carbonyl (C=O) groups excluding carboxylic acids is 2. The molecule has 1 aliphatic rings. The number of allylic oxidation sites excluding steroid dienone is 2. The van der Waals surface area contributed by atoms with Gasteiger partial charge in [0.2, 0.25) is 0 Å². The lowest BCUT2D eigenvalue weighted by atomic mass is 9.90. The van der Waals surface area contributed by atoms with Crippen LogP contribution in [0.25, 0.3) is 0 Å². The number of esters is 1. The molecule has 0 fully saturated rings. The van der Waals surface area contributed by atoms with Crippen molar-refractivity contribution in [2.24, 2.45) is 11.8 Å². The van der Waals surface area contributed by atoms with Crippen molar-refractivity contribution >= 4 is 11.8 Å². The second-order valence-corrected chi connectivity index (χ2v) is 7.81. The number of ether oxygens (including phenoxy) is 1. The van der Waals surface area contributed by atoms with Gasteiger partial charge in [-0.05, 0) is 18.4 Å². The van der Waals surface area contributed by atoms with Crippen LogP contribution in [0.2, 0.25) is 0 Å². The highest BCUT2D eigenvalue weighted by molar-refractivity contribution is 6.07. The van der Waals surface area contributed by atoms with E-state index in [4.69, 9.17) is 4.74 Å². The van der Waals surface area contributed by atoms with Crippen LogP contribution in [-0.2, 0) is 14.3 Å². The first kappa shape index (κ1) is 22.9. The number of rotatable bonds is 16. The molecular formula is C23H40O3. The summed E-state index contributed by atoms with van der Waals surface area (Å²) in [5.41, 5.74) is 0. The highest BCUT2D eigenvalue weighted by Gasteiger charge is 2.36. The lowest BCUT2D eigenvalue weighted by Crippen LogP contribution is -2.26. The summed E-state index contributed by atoms with van der Waals surface area (Å²) in [5.74, 6) is -1.00. The van der Waals surface area contributed by atoms with Crippen LogP contribution in [0.3, 0.4) is 0 Å². The third kappa shape index (κ3) is 9.54. The van der Waals surface area contributed by atoms with E-state index in [1.54, 1.807) is 6.08 Å². The van der Waals surface area contributed by atoms with Gasteiger partial charge < -0.3 is 4.74 Å². The van der Waals surface area contributed by atoms with Gasteiger partial charge in [0.05, 0.1) is 7.11 Å². The molecule has 0 aromatic heterocycles.